The Labute approximate surface area is 155 Å². The number of halogens is 4. The summed E-state index contributed by atoms with van der Waals surface area (Å²) in [6.45, 7) is 0.142. The van der Waals surface area contributed by atoms with E-state index in [4.69, 9.17) is 11.6 Å². The monoisotopic (exact) mass is 391 g/mol. The summed E-state index contributed by atoms with van der Waals surface area (Å²) in [5.74, 6) is -2.53. The van der Waals surface area contributed by atoms with Gasteiger partial charge in [-0.3, -0.25) is 9.59 Å². The zero-order valence-corrected chi connectivity index (χ0v) is 15.3. The number of nitrogens with one attached hydrogen (secondary N) is 1. The number of likely N-dealkylation sites (N-methyl/N-ethyl adjacent to an activating group) is 1. The van der Waals surface area contributed by atoms with Crippen LogP contribution < -0.4 is 5.32 Å². The molecule has 0 bridgehead atoms. The zero-order valence-electron chi connectivity index (χ0n) is 14.5. The van der Waals surface area contributed by atoms with Crippen molar-refractivity contribution in [3.8, 4) is 0 Å². The van der Waals surface area contributed by atoms with Gasteiger partial charge in [-0.25, -0.2) is 0 Å². The molecule has 2 atom stereocenters. The highest BCUT2D eigenvalue weighted by molar-refractivity contribution is 6.30. The minimum Gasteiger partial charge on any atom is -0.352 e. The van der Waals surface area contributed by atoms with Crippen molar-refractivity contribution < 1.29 is 22.8 Å². The van der Waals surface area contributed by atoms with Gasteiger partial charge in [0.15, 0.2) is 0 Å². The fraction of sp³-hybridized carbons (Fsp3) is 0.529. The Bertz CT molecular complexity index is 650. The number of likely N-dealkylation sites (tertiary alicyclic amines) is 1. The molecule has 1 heterocycles. The van der Waals surface area contributed by atoms with Gasteiger partial charge in [-0.1, -0.05) is 23.7 Å². The van der Waals surface area contributed by atoms with E-state index in [2.05, 4.69) is 5.32 Å². The van der Waals surface area contributed by atoms with Crippen molar-refractivity contribution >= 4 is 23.4 Å². The fourth-order valence-corrected chi connectivity index (χ4v) is 3.17. The van der Waals surface area contributed by atoms with Gasteiger partial charge in [-0.05, 0) is 44.6 Å². The van der Waals surface area contributed by atoms with Gasteiger partial charge in [-0.15, -0.1) is 0 Å². The summed E-state index contributed by atoms with van der Waals surface area (Å²) < 4.78 is 38.0. The molecule has 1 aliphatic heterocycles. The highest BCUT2D eigenvalue weighted by Crippen LogP contribution is 2.26. The molecule has 2 amide bonds. The van der Waals surface area contributed by atoms with Gasteiger partial charge in [0.1, 0.15) is 6.04 Å². The lowest BCUT2D eigenvalue weighted by atomic mass is 10.1. The molecule has 0 aliphatic carbocycles. The Morgan fingerprint density at radius 2 is 1.92 bits per heavy atom. The van der Waals surface area contributed by atoms with E-state index in [0.29, 0.717) is 16.3 Å². The van der Waals surface area contributed by atoms with Crippen LogP contribution in [0.15, 0.2) is 24.3 Å². The molecule has 0 radical (unpaired) electrons. The molecule has 1 saturated heterocycles. The quantitative estimate of drug-likeness (QED) is 0.839. The van der Waals surface area contributed by atoms with Crippen LogP contribution in [-0.4, -0.2) is 61.0 Å². The highest BCUT2D eigenvalue weighted by Gasteiger charge is 2.47. The van der Waals surface area contributed by atoms with Gasteiger partial charge in [0.2, 0.25) is 5.91 Å². The van der Waals surface area contributed by atoms with Crippen molar-refractivity contribution in [2.24, 2.45) is 0 Å². The van der Waals surface area contributed by atoms with Gasteiger partial charge in [0, 0.05) is 18.1 Å². The third-order valence-electron chi connectivity index (χ3n) is 4.41. The van der Waals surface area contributed by atoms with Crippen molar-refractivity contribution in [3.05, 3.63) is 34.9 Å². The van der Waals surface area contributed by atoms with E-state index in [-0.39, 0.29) is 25.6 Å². The maximum atomic E-state index is 12.7. The molecular formula is C17H21ClF3N3O2. The summed E-state index contributed by atoms with van der Waals surface area (Å²) in [4.78, 5) is 26.4. The summed E-state index contributed by atoms with van der Waals surface area (Å²) >= 11 is 5.88. The van der Waals surface area contributed by atoms with Crippen LogP contribution in [0.4, 0.5) is 13.2 Å². The van der Waals surface area contributed by atoms with Crippen molar-refractivity contribution in [1.82, 2.24) is 15.1 Å². The molecule has 2 rings (SSSR count). The van der Waals surface area contributed by atoms with Crippen molar-refractivity contribution in [2.75, 3.05) is 27.2 Å². The van der Waals surface area contributed by atoms with E-state index in [1.165, 1.54) is 0 Å². The number of alkyl halides is 3. The average molecular weight is 392 g/mol. The number of carbonyl (C=O) groups is 2. The molecule has 1 aromatic carbocycles. The maximum Gasteiger partial charge on any atom is 0.471 e. The topological polar surface area (TPSA) is 52.7 Å². The SMILES string of the molecule is CN(C)C(CNC(=O)C1CCCN1C(=O)C(F)(F)F)c1ccc(Cl)cc1. The predicted octanol–water partition coefficient (Wildman–Crippen LogP) is 2.61. The number of hydrogen-bond donors (Lipinski definition) is 1. The van der Waals surface area contributed by atoms with Gasteiger partial charge in [0.25, 0.3) is 0 Å². The van der Waals surface area contributed by atoms with Crippen LogP contribution in [0, 0.1) is 0 Å². The Morgan fingerprint density at radius 3 is 2.46 bits per heavy atom. The van der Waals surface area contributed by atoms with E-state index in [9.17, 15) is 22.8 Å². The first kappa shape index (κ1) is 20.5. The highest BCUT2D eigenvalue weighted by atomic mass is 35.5. The van der Waals surface area contributed by atoms with Crippen LogP contribution in [0.1, 0.15) is 24.4 Å². The molecule has 1 aliphatic rings. The fourth-order valence-electron chi connectivity index (χ4n) is 3.04. The van der Waals surface area contributed by atoms with Crippen molar-refractivity contribution in [3.63, 3.8) is 0 Å². The lowest BCUT2D eigenvalue weighted by molar-refractivity contribution is -0.186. The van der Waals surface area contributed by atoms with E-state index < -0.39 is 24.0 Å². The van der Waals surface area contributed by atoms with Crippen LogP contribution in [0.25, 0.3) is 0 Å². The number of benzene rings is 1. The molecule has 9 heteroatoms. The molecule has 2 unspecified atom stereocenters. The molecule has 0 spiro atoms. The molecule has 0 aromatic heterocycles. The molecular weight excluding hydrogens is 371 g/mol. The van der Waals surface area contributed by atoms with Gasteiger partial charge < -0.3 is 15.1 Å². The van der Waals surface area contributed by atoms with E-state index >= 15 is 0 Å². The molecule has 5 nitrogen and oxygen atoms in total. The molecule has 0 saturated carbocycles. The summed E-state index contributed by atoms with van der Waals surface area (Å²) in [7, 11) is 3.67. The van der Waals surface area contributed by atoms with Crippen LogP contribution in [0.2, 0.25) is 5.02 Å². The number of carbonyl (C=O) groups excluding carboxylic acids is 2. The van der Waals surface area contributed by atoms with Crippen LogP contribution in [0.5, 0.6) is 0 Å². The van der Waals surface area contributed by atoms with Gasteiger partial charge >= 0.3 is 12.1 Å². The molecule has 26 heavy (non-hydrogen) atoms. The second kappa shape index (κ2) is 8.26. The lowest BCUT2D eigenvalue weighted by Gasteiger charge is -2.28. The lowest BCUT2D eigenvalue weighted by Crippen LogP contribution is -2.51. The van der Waals surface area contributed by atoms with E-state index in [0.717, 1.165) is 5.56 Å². The maximum absolute atomic E-state index is 12.7. The van der Waals surface area contributed by atoms with Crippen LogP contribution in [0.3, 0.4) is 0 Å². The number of rotatable bonds is 5. The second-order valence-electron chi connectivity index (χ2n) is 6.43. The third-order valence-corrected chi connectivity index (χ3v) is 4.66. The van der Waals surface area contributed by atoms with Crippen LogP contribution in [-0.2, 0) is 9.59 Å². The molecule has 1 fully saturated rings. The largest absolute Gasteiger partial charge is 0.471 e. The number of amides is 2. The average Bonchev–Trinajstić information content (AvgIpc) is 3.04. The van der Waals surface area contributed by atoms with E-state index in [1.54, 1.807) is 12.1 Å². The second-order valence-corrected chi connectivity index (χ2v) is 6.87. The first-order valence-electron chi connectivity index (χ1n) is 8.18. The van der Waals surface area contributed by atoms with Crippen molar-refractivity contribution in [1.29, 1.82) is 0 Å². The third kappa shape index (κ3) is 4.88. The van der Waals surface area contributed by atoms with Gasteiger partial charge in [-0.2, -0.15) is 13.2 Å². The number of nitrogens with zero attached hydrogens (tertiary/aromatic N) is 2. The molecule has 144 valence electrons. The minimum absolute atomic E-state index is 0.0648. The Balaban J connectivity index is 2.03. The van der Waals surface area contributed by atoms with Crippen LogP contribution >= 0.6 is 11.6 Å². The van der Waals surface area contributed by atoms with Crippen molar-refractivity contribution in [2.45, 2.75) is 31.1 Å². The Morgan fingerprint density at radius 1 is 1.31 bits per heavy atom. The minimum atomic E-state index is -4.97. The first-order valence-corrected chi connectivity index (χ1v) is 8.56. The summed E-state index contributed by atoms with van der Waals surface area (Å²) in [6.07, 6.45) is -4.38. The zero-order chi connectivity index (χ0) is 19.5. The Kier molecular flexibility index (Phi) is 6.52. The summed E-state index contributed by atoms with van der Waals surface area (Å²) in [5, 5.41) is 3.27. The normalized spacial score (nSPS) is 18.9. The van der Waals surface area contributed by atoms with Gasteiger partial charge in [0.05, 0.1) is 6.04 Å². The number of hydrogen-bond acceptors (Lipinski definition) is 3. The van der Waals surface area contributed by atoms with E-state index in [1.807, 2.05) is 31.1 Å². The molecule has 1 aromatic rings. The Hall–Kier alpha value is -1.80. The first-order chi connectivity index (χ1) is 12.1. The smallest absolute Gasteiger partial charge is 0.352 e. The standard InChI is InChI=1S/C17H21ClF3N3O2/c1-23(2)14(11-5-7-12(18)8-6-11)10-22-15(25)13-4-3-9-24(13)16(26)17(19,20)21/h5-8,13-14H,3-4,9-10H2,1-2H3,(H,22,25). The summed E-state index contributed by atoms with van der Waals surface area (Å²) in [5.41, 5.74) is 0.911. The molecule has 1 N–H and O–H groups in total. The predicted molar refractivity (Wildman–Crippen MR) is 91.7 cm³/mol. The summed E-state index contributed by atoms with van der Waals surface area (Å²) in [6, 6.07) is 5.86.